The number of hydrogen-bond acceptors (Lipinski definition) is 2. The summed E-state index contributed by atoms with van der Waals surface area (Å²) in [4.78, 5) is 14.7. The predicted octanol–water partition coefficient (Wildman–Crippen LogP) is 1.57. The van der Waals surface area contributed by atoms with Crippen LogP contribution in [0.3, 0.4) is 0 Å². The monoisotopic (exact) mass is 196 g/mol. The molecule has 0 aromatic carbocycles. The molecule has 1 N–H and O–H groups in total. The predicted molar refractivity (Wildman–Crippen MR) is 53.3 cm³/mol. The number of rotatable bonds is 2. The fraction of sp³-hybridized carbons (Fsp3) is 0.600. The van der Waals surface area contributed by atoms with Crippen LogP contribution in [0.5, 0.6) is 0 Å². The van der Waals surface area contributed by atoms with Crippen molar-refractivity contribution in [3.05, 3.63) is 17.7 Å². The van der Waals surface area contributed by atoms with E-state index >= 15 is 0 Å². The summed E-state index contributed by atoms with van der Waals surface area (Å²) in [5.74, 6) is -0.233. The van der Waals surface area contributed by atoms with Crippen LogP contribution in [0, 0.1) is 6.92 Å². The Morgan fingerprint density at radius 3 is 2.57 bits per heavy atom. The fourth-order valence-electron chi connectivity index (χ4n) is 1.66. The van der Waals surface area contributed by atoms with E-state index in [-0.39, 0.29) is 12.0 Å². The van der Waals surface area contributed by atoms with Gasteiger partial charge in [0.05, 0.1) is 0 Å². The smallest absolute Gasteiger partial charge is 0.311 e. The molecule has 1 aromatic rings. The van der Waals surface area contributed by atoms with Crippen LogP contribution in [0.25, 0.3) is 0 Å². The summed E-state index contributed by atoms with van der Waals surface area (Å²) in [6, 6.07) is 0. The molecule has 1 rings (SSSR count). The lowest BCUT2D eigenvalue weighted by Crippen LogP contribution is -2.26. The molecule has 1 aromatic heterocycles. The van der Waals surface area contributed by atoms with E-state index in [1.807, 2.05) is 32.3 Å². The van der Waals surface area contributed by atoms with Crippen LogP contribution in [0.15, 0.2) is 6.20 Å². The van der Waals surface area contributed by atoms with Crippen LogP contribution in [0.4, 0.5) is 0 Å². The zero-order valence-corrected chi connectivity index (χ0v) is 9.03. The highest BCUT2D eigenvalue weighted by molar-refractivity contribution is 5.69. The molecule has 1 heterocycles. The van der Waals surface area contributed by atoms with Gasteiger partial charge in [0.15, 0.2) is 0 Å². The maximum Gasteiger partial charge on any atom is 0.311 e. The summed E-state index contributed by atoms with van der Waals surface area (Å²) in [6.45, 7) is 8.04. The first-order chi connectivity index (χ1) is 6.32. The van der Waals surface area contributed by atoms with Gasteiger partial charge in [0.25, 0.3) is 0 Å². The molecular formula is C10H16N2O2. The highest BCUT2D eigenvalue weighted by atomic mass is 16.4. The van der Waals surface area contributed by atoms with Crippen LogP contribution < -0.4 is 0 Å². The molecular weight excluding hydrogens is 180 g/mol. The fourth-order valence-corrected chi connectivity index (χ4v) is 1.66. The van der Waals surface area contributed by atoms with Gasteiger partial charge in [-0.1, -0.05) is 0 Å². The second kappa shape index (κ2) is 3.44. The van der Waals surface area contributed by atoms with Crippen LogP contribution in [-0.2, 0) is 16.8 Å². The van der Waals surface area contributed by atoms with E-state index < -0.39 is 5.97 Å². The summed E-state index contributed by atoms with van der Waals surface area (Å²) < 4.78 is 1.96. The lowest BCUT2D eigenvalue weighted by atomic mass is 10.1. The average molecular weight is 196 g/mol. The zero-order chi connectivity index (χ0) is 10.9. The van der Waals surface area contributed by atoms with Crippen molar-refractivity contribution in [2.75, 3.05) is 0 Å². The van der Waals surface area contributed by atoms with E-state index in [0.717, 1.165) is 5.69 Å². The van der Waals surface area contributed by atoms with Gasteiger partial charge in [-0.25, -0.2) is 4.98 Å². The number of imidazole rings is 1. The van der Waals surface area contributed by atoms with Crippen molar-refractivity contribution in [2.45, 2.75) is 39.7 Å². The van der Waals surface area contributed by atoms with Crippen molar-refractivity contribution in [2.24, 2.45) is 0 Å². The molecule has 0 spiro atoms. The van der Waals surface area contributed by atoms with Crippen molar-refractivity contribution < 1.29 is 9.90 Å². The maximum atomic E-state index is 10.6. The summed E-state index contributed by atoms with van der Waals surface area (Å²) in [7, 11) is 0. The van der Waals surface area contributed by atoms with Gasteiger partial charge < -0.3 is 9.67 Å². The third kappa shape index (κ3) is 2.13. The third-order valence-electron chi connectivity index (χ3n) is 1.99. The Morgan fingerprint density at radius 1 is 1.57 bits per heavy atom. The Labute approximate surface area is 83.6 Å². The van der Waals surface area contributed by atoms with E-state index in [2.05, 4.69) is 4.98 Å². The van der Waals surface area contributed by atoms with Crippen molar-refractivity contribution in [1.29, 1.82) is 0 Å². The quantitative estimate of drug-likeness (QED) is 0.781. The minimum atomic E-state index is -0.846. The van der Waals surface area contributed by atoms with Crippen molar-refractivity contribution in [3.8, 4) is 0 Å². The lowest BCUT2D eigenvalue weighted by molar-refractivity contribution is -0.136. The van der Waals surface area contributed by atoms with Gasteiger partial charge >= 0.3 is 5.97 Å². The first kappa shape index (κ1) is 10.8. The molecule has 0 saturated heterocycles. The van der Waals surface area contributed by atoms with Gasteiger partial charge in [-0.2, -0.15) is 0 Å². The number of carboxylic acid groups (broad SMARTS) is 1. The number of aromatic nitrogens is 2. The van der Waals surface area contributed by atoms with E-state index in [1.54, 1.807) is 6.20 Å². The Balaban J connectivity index is 3.13. The Hall–Kier alpha value is -1.32. The van der Waals surface area contributed by atoms with E-state index in [1.165, 1.54) is 0 Å². The summed E-state index contributed by atoms with van der Waals surface area (Å²) >= 11 is 0. The van der Waals surface area contributed by atoms with Crippen LogP contribution in [0.2, 0.25) is 0 Å². The Kier molecular flexibility index (Phi) is 2.64. The topological polar surface area (TPSA) is 55.1 Å². The Bertz CT molecular complexity index is 347. The summed E-state index contributed by atoms with van der Waals surface area (Å²) in [5.41, 5.74) is 0.875. The van der Waals surface area contributed by atoms with Crippen molar-refractivity contribution in [1.82, 2.24) is 9.55 Å². The maximum absolute atomic E-state index is 10.6. The van der Waals surface area contributed by atoms with Gasteiger partial charge in [0.2, 0.25) is 0 Å². The molecule has 4 nitrogen and oxygen atoms in total. The molecule has 0 radical (unpaired) electrons. The highest BCUT2D eigenvalue weighted by Gasteiger charge is 2.20. The molecule has 0 amide bonds. The second-order valence-corrected chi connectivity index (χ2v) is 4.39. The molecule has 0 saturated carbocycles. The van der Waals surface area contributed by atoms with E-state index in [9.17, 15) is 4.79 Å². The van der Waals surface area contributed by atoms with Crippen molar-refractivity contribution in [3.63, 3.8) is 0 Å². The van der Waals surface area contributed by atoms with Gasteiger partial charge in [0.1, 0.15) is 12.2 Å². The van der Waals surface area contributed by atoms with Crippen LogP contribution in [-0.4, -0.2) is 20.6 Å². The van der Waals surface area contributed by atoms with Gasteiger partial charge in [-0.05, 0) is 27.7 Å². The first-order valence-corrected chi connectivity index (χ1v) is 4.58. The molecule has 14 heavy (non-hydrogen) atoms. The van der Waals surface area contributed by atoms with Gasteiger partial charge in [0, 0.05) is 17.4 Å². The third-order valence-corrected chi connectivity index (χ3v) is 1.99. The lowest BCUT2D eigenvalue weighted by Gasteiger charge is -2.25. The average Bonchev–Trinajstić information content (AvgIpc) is 2.28. The molecule has 0 unspecified atom stereocenters. The standard InChI is InChI=1S/C10H16N2O2/c1-7-6-11-8(5-9(13)14)12(7)10(2,3)4/h6H,5H2,1-4H3,(H,13,14). The molecule has 0 atom stereocenters. The van der Waals surface area contributed by atoms with Crippen molar-refractivity contribution >= 4 is 5.97 Å². The van der Waals surface area contributed by atoms with E-state index in [0.29, 0.717) is 5.82 Å². The number of carboxylic acids is 1. The van der Waals surface area contributed by atoms with Gasteiger partial charge in [-0.15, -0.1) is 0 Å². The summed E-state index contributed by atoms with van der Waals surface area (Å²) in [6.07, 6.45) is 1.69. The molecule has 0 bridgehead atoms. The van der Waals surface area contributed by atoms with Gasteiger partial charge in [-0.3, -0.25) is 4.79 Å². The van der Waals surface area contributed by atoms with E-state index in [4.69, 9.17) is 5.11 Å². The highest BCUT2D eigenvalue weighted by Crippen LogP contribution is 2.19. The normalized spacial score (nSPS) is 11.7. The molecule has 4 heteroatoms. The number of aliphatic carboxylic acids is 1. The minimum Gasteiger partial charge on any atom is -0.481 e. The number of nitrogens with zero attached hydrogens (tertiary/aromatic N) is 2. The largest absolute Gasteiger partial charge is 0.481 e. The minimum absolute atomic E-state index is 0.0227. The molecule has 0 fully saturated rings. The molecule has 78 valence electrons. The zero-order valence-electron chi connectivity index (χ0n) is 9.03. The van der Waals surface area contributed by atoms with Crippen LogP contribution >= 0.6 is 0 Å². The second-order valence-electron chi connectivity index (χ2n) is 4.39. The molecule has 0 aliphatic heterocycles. The number of carbonyl (C=O) groups is 1. The SMILES string of the molecule is Cc1cnc(CC(=O)O)n1C(C)(C)C. The number of aryl methyl sites for hydroxylation is 1. The first-order valence-electron chi connectivity index (χ1n) is 4.58. The van der Waals surface area contributed by atoms with Crippen LogP contribution in [0.1, 0.15) is 32.3 Å². The molecule has 0 aliphatic rings. The molecule has 0 aliphatic carbocycles. The Morgan fingerprint density at radius 2 is 2.14 bits per heavy atom. The summed E-state index contributed by atoms with van der Waals surface area (Å²) in [5, 5.41) is 8.71. The number of hydrogen-bond donors (Lipinski definition) is 1.